The summed E-state index contributed by atoms with van der Waals surface area (Å²) in [5, 5.41) is 9.47. The van der Waals surface area contributed by atoms with Gasteiger partial charge in [0.05, 0.1) is 5.41 Å². The number of likely N-dealkylation sites (tertiary alicyclic amines) is 1. The van der Waals surface area contributed by atoms with Gasteiger partial charge in [-0.15, -0.1) is 0 Å². The van der Waals surface area contributed by atoms with Crippen molar-refractivity contribution in [2.24, 2.45) is 17.1 Å². The van der Waals surface area contributed by atoms with Crippen LogP contribution in [0.25, 0.3) is 0 Å². The first-order chi connectivity index (χ1) is 9.99. The molecule has 2 atom stereocenters. The van der Waals surface area contributed by atoms with Crippen molar-refractivity contribution in [2.45, 2.75) is 58.8 Å². The number of amides is 1. The maximum atomic E-state index is 12.3. The monoisotopic (exact) mass is 298 g/mol. The lowest BCUT2D eigenvalue weighted by molar-refractivity contribution is -0.149. The lowest BCUT2D eigenvalue weighted by Crippen LogP contribution is -2.37. The van der Waals surface area contributed by atoms with Crippen LogP contribution in [0.15, 0.2) is 0 Å². The van der Waals surface area contributed by atoms with Crippen molar-refractivity contribution >= 4 is 11.9 Å². The topological polar surface area (TPSA) is 83.6 Å². The standard InChI is InChI=1S/C16H30N2O3/c1-3-8-16(15(20)21)9-11-18(12-16)14(19)6-5-13(4-2)7-10-17/h13H,3-12,17H2,1-2H3,(H,20,21). The molecule has 1 rings (SSSR count). The summed E-state index contributed by atoms with van der Waals surface area (Å²) in [6.07, 6.45) is 5.44. The Bertz CT molecular complexity index is 359. The first-order valence-corrected chi connectivity index (χ1v) is 8.20. The molecule has 0 aromatic heterocycles. The Hall–Kier alpha value is -1.10. The lowest BCUT2D eigenvalue weighted by Gasteiger charge is -2.24. The minimum Gasteiger partial charge on any atom is -0.481 e. The SMILES string of the molecule is CCCC1(C(=O)O)CCN(C(=O)CCC(CC)CCN)C1. The maximum absolute atomic E-state index is 12.3. The zero-order valence-corrected chi connectivity index (χ0v) is 13.4. The minimum atomic E-state index is -0.755. The van der Waals surface area contributed by atoms with Crippen LogP contribution in [0.4, 0.5) is 0 Å². The highest BCUT2D eigenvalue weighted by molar-refractivity contribution is 5.80. The van der Waals surface area contributed by atoms with Crippen molar-refractivity contribution in [3.63, 3.8) is 0 Å². The quantitative estimate of drug-likeness (QED) is 0.684. The lowest BCUT2D eigenvalue weighted by atomic mass is 9.83. The number of rotatable bonds is 9. The maximum Gasteiger partial charge on any atom is 0.311 e. The number of carboxylic acid groups (broad SMARTS) is 1. The zero-order chi connectivity index (χ0) is 15.9. The van der Waals surface area contributed by atoms with Gasteiger partial charge in [0.1, 0.15) is 0 Å². The Labute approximate surface area is 127 Å². The second kappa shape index (κ2) is 8.37. The summed E-state index contributed by atoms with van der Waals surface area (Å²) in [6.45, 7) is 5.74. The van der Waals surface area contributed by atoms with Gasteiger partial charge in [-0.25, -0.2) is 0 Å². The van der Waals surface area contributed by atoms with Crippen LogP contribution in [0.3, 0.4) is 0 Å². The van der Waals surface area contributed by atoms with Gasteiger partial charge in [-0.05, 0) is 38.1 Å². The molecular weight excluding hydrogens is 268 g/mol. The van der Waals surface area contributed by atoms with Crippen LogP contribution in [-0.4, -0.2) is 41.5 Å². The zero-order valence-electron chi connectivity index (χ0n) is 13.4. The van der Waals surface area contributed by atoms with E-state index < -0.39 is 11.4 Å². The number of nitrogens with two attached hydrogens (primary N) is 1. The fourth-order valence-electron chi connectivity index (χ4n) is 3.32. The Kier molecular flexibility index (Phi) is 7.15. The summed E-state index contributed by atoms with van der Waals surface area (Å²) in [7, 11) is 0. The molecule has 0 aliphatic carbocycles. The van der Waals surface area contributed by atoms with Crippen LogP contribution in [0.5, 0.6) is 0 Å². The Morgan fingerprint density at radius 2 is 2.05 bits per heavy atom. The van der Waals surface area contributed by atoms with Crippen LogP contribution in [-0.2, 0) is 9.59 Å². The molecule has 5 heteroatoms. The molecule has 0 aromatic rings. The van der Waals surface area contributed by atoms with Crippen molar-refractivity contribution in [1.82, 2.24) is 4.90 Å². The second-order valence-electron chi connectivity index (χ2n) is 6.29. The highest BCUT2D eigenvalue weighted by atomic mass is 16.4. The molecular formula is C16H30N2O3. The number of aliphatic carboxylic acids is 1. The van der Waals surface area contributed by atoms with E-state index in [1.807, 2.05) is 6.92 Å². The molecule has 2 unspecified atom stereocenters. The van der Waals surface area contributed by atoms with Gasteiger partial charge in [-0.1, -0.05) is 26.7 Å². The third-order valence-corrected chi connectivity index (χ3v) is 4.81. The van der Waals surface area contributed by atoms with Crippen molar-refractivity contribution in [3.05, 3.63) is 0 Å². The highest BCUT2D eigenvalue weighted by Gasteiger charge is 2.45. The Balaban J connectivity index is 2.51. The van der Waals surface area contributed by atoms with E-state index in [4.69, 9.17) is 5.73 Å². The molecule has 3 N–H and O–H groups in total. The van der Waals surface area contributed by atoms with E-state index in [0.29, 0.717) is 44.8 Å². The first-order valence-electron chi connectivity index (χ1n) is 8.20. The van der Waals surface area contributed by atoms with Crippen LogP contribution < -0.4 is 5.73 Å². The molecule has 1 fully saturated rings. The van der Waals surface area contributed by atoms with Gasteiger partial charge >= 0.3 is 5.97 Å². The fourth-order valence-corrected chi connectivity index (χ4v) is 3.32. The van der Waals surface area contributed by atoms with Crippen molar-refractivity contribution in [3.8, 4) is 0 Å². The smallest absolute Gasteiger partial charge is 0.311 e. The molecule has 1 saturated heterocycles. The summed E-state index contributed by atoms with van der Waals surface area (Å²) >= 11 is 0. The Morgan fingerprint density at radius 1 is 1.33 bits per heavy atom. The predicted octanol–water partition coefficient (Wildman–Crippen LogP) is 2.25. The molecule has 21 heavy (non-hydrogen) atoms. The number of carboxylic acids is 1. The number of hydrogen-bond acceptors (Lipinski definition) is 3. The van der Waals surface area contributed by atoms with Gasteiger partial charge in [0.25, 0.3) is 0 Å². The minimum absolute atomic E-state index is 0.102. The summed E-state index contributed by atoms with van der Waals surface area (Å²) in [4.78, 5) is 25.6. The van der Waals surface area contributed by atoms with E-state index in [-0.39, 0.29) is 5.91 Å². The average Bonchev–Trinajstić information content (AvgIpc) is 2.89. The second-order valence-corrected chi connectivity index (χ2v) is 6.29. The fraction of sp³-hybridized carbons (Fsp3) is 0.875. The average molecular weight is 298 g/mol. The molecule has 122 valence electrons. The van der Waals surface area contributed by atoms with Crippen LogP contribution in [0, 0.1) is 11.3 Å². The third-order valence-electron chi connectivity index (χ3n) is 4.81. The van der Waals surface area contributed by atoms with E-state index in [2.05, 4.69) is 6.92 Å². The summed E-state index contributed by atoms with van der Waals surface area (Å²) in [6, 6.07) is 0. The number of hydrogen-bond donors (Lipinski definition) is 2. The molecule has 5 nitrogen and oxygen atoms in total. The molecule has 0 saturated carbocycles. The van der Waals surface area contributed by atoms with E-state index in [9.17, 15) is 14.7 Å². The normalized spacial score (nSPS) is 23.3. The molecule has 0 radical (unpaired) electrons. The van der Waals surface area contributed by atoms with Crippen LogP contribution in [0.2, 0.25) is 0 Å². The number of carbonyl (C=O) groups excluding carboxylic acids is 1. The third kappa shape index (κ3) is 4.70. The van der Waals surface area contributed by atoms with E-state index in [1.54, 1.807) is 4.90 Å². The molecule has 1 amide bonds. The van der Waals surface area contributed by atoms with Crippen LogP contribution >= 0.6 is 0 Å². The van der Waals surface area contributed by atoms with Crippen molar-refractivity contribution < 1.29 is 14.7 Å². The summed E-state index contributed by atoms with van der Waals surface area (Å²) < 4.78 is 0. The summed E-state index contributed by atoms with van der Waals surface area (Å²) in [5.74, 6) is -0.152. The van der Waals surface area contributed by atoms with Gasteiger partial charge in [-0.2, -0.15) is 0 Å². The van der Waals surface area contributed by atoms with Gasteiger partial charge in [0, 0.05) is 19.5 Å². The van der Waals surface area contributed by atoms with Gasteiger partial charge in [0.15, 0.2) is 0 Å². The molecule has 1 aliphatic rings. The molecule has 0 aromatic carbocycles. The van der Waals surface area contributed by atoms with E-state index in [0.717, 1.165) is 25.7 Å². The highest BCUT2D eigenvalue weighted by Crippen LogP contribution is 2.36. The van der Waals surface area contributed by atoms with Gasteiger partial charge in [-0.3, -0.25) is 9.59 Å². The van der Waals surface area contributed by atoms with E-state index in [1.165, 1.54) is 0 Å². The number of nitrogens with zero attached hydrogens (tertiary/aromatic N) is 1. The van der Waals surface area contributed by atoms with E-state index >= 15 is 0 Å². The first kappa shape index (κ1) is 18.0. The van der Waals surface area contributed by atoms with Gasteiger partial charge < -0.3 is 15.7 Å². The predicted molar refractivity (Wildman–Crippen MR) is 82.9 cm³/mol. The molecule has 1 heterocycles. The molecule has 0 spiro atoms. The number of carbonyl (C=O) groups is 2. The van der Waals surface area contributed by atoms with Crippen molar-refractivity contribution in [1.29, 1.82) is 0 Å². The largest absolute Gasteiger partial charge is 0.481 e. The Morgan fingerprint density at radius 3 is 2.57 bits per heavy atom. The molecule has 1 aliphatic heterocycles. The summed E-state index contributed by atoms with van der Waals surface area (Å²) in [5.41, 5.74) is 4.86. The molecule has 0 bridgehead atoms. The van der Waals surface area contributed by atoms with Gasteiger partial charge in [0.2, 0.25) is 5.91 Å². The van der Waals surface area contributed by atoms with Crippen LogP contribution in [0.1, 0.15) is 58.8 Å². The van der Waals surface area contributed by atoms with Crippen molar-refractivity contribution in [2.75, 3.05) is 19.6 Å².